The molecule has 0 saturated heterocycles. The molecule has 5 heteroatoms. The molecule has 0 saturated carbocycles. The highest BCUT2D eigenvalue weighted by molar-refractivity contribution is 5.80. The zero-order chi connectivity index (χ0) is 11.6. The van der Waals surface area contributed by atoms with Gasteiger partial charge in [0.1, 0.15) is 0 Å². The van der Waals surface area contributed by atoms with Gasteiger partial charge < -0.3 is 0 Å². The van der Waals surface area contributed by atoms with Gasteiger partial charge >= 0.3 is 5.69 Å². The summed E-state index contributed by atoms with van der Waals surface area (Å²) < 4.78 is 0.963. The summed E-state index contributed by atoms with van der Waals surface area (Å²) in [5.41, 5.74) is -0.768. The standard InChI is InChI=1S/C10H14N2O3.2CH4/c1-4-6(2)9(14)12-5-7(3)8(13)11-10(12)15;;/h5-6H,4H2,1-3H3,(H,11,13,15);2*1H4. The highest BCUT2D eigenvalue weighted by atomic mass is 16.2. The molecule has 0 radical (unpaired) electrons. The van der Waals surface area contributed by atoms with E-state index in [1.807, 2.05) is 6.92 Å². The Labute approximate surface area is 101 Å². The SMILES string of the molecule is C.C.CCC(C)C(=O)n1cc(C)c(=O)[nH]c1=O. The van der Waals surface area contributed by atoms with Crippen LogP contribution in [0.1, 0.15) is 45.5 Å². The van der Waals surface area contributed by atoms with Crippen LogP contribution in [0.4, 0.5) is 0 Å². The minimum Gasteiger partial charge on any atom is -0.274 e. The van der Waals surface area contributed by atoms with E-state index in [-0.39, 0.29) is 26.7 Å². The summed E-state index contributed by atoms with van der Waals surface area (Å²) in [5, 5.41) is 0. The molecule has 0 amide bonds. The number of H-pyrrole nitrogens is 1. The van der Waals surface area contributed by atoms with Gasteiger partial charge in [-0.1, -0.05) is 28.7 Å². The van der Waals surface area contributed by atoms with E-state index in [1.165, 1.54) is 6.20 Å². The third-order valence-corrected chi connectivity index (χ3v) is 2.39. The summed E-state index contributed by atoms with van der Waals surface area (Å²) in [6, 6.07) is 0. The molecule has 1 aromatic rings. The average molecular weight is 242 g/mol. The Kier molecular flexibility index (Phi) is 7.13. The summed E-state index contributed by atoms with van der Waals surface area (Å²) in [6.07, 6.45) is 1.94. The van der Waals surface area contributed by atoms with Crippen molar-refractivity contribution in [2.24, 2.45) is 5.92 Å². The van der Waals surface area contributed by atoms with E-state index < -0.39 is 11.2 Å². The predicted molar refractivity (Wildman–Crippen MR) is 69.6 cm³/mol. The van der Waals surface area contributed by atoms with Crippen LogP contribution >= 0.6 is 0 Å². The third kappa shape index (κ3) is 3.69. The van der Waals surface area contributed by atoms with E-state index in [0.717, 1.165) is 4.57 Å². The zero-order valence-corrected chi connectivity index (χ0v) is 9.03. The van der Waals surface area contributed by atoms with Gasteiger partial charge in [-0.25, -0.2) is 9.36 Å². The van der Waals surface area contributed by atoms with Crippen molar-refractivity contribution in [2.45, 2.75) is 42.0 Å². The first-order valence-corrected chi connectivity index (χ1v) is 4.84. The predicted octanol–water partition coefficient (Wildman–Crippen LogP) is 1.80. The molecule has 17 heavy (non-hydrogen) atoms. The minimum absolute atomic E-state index is 0. The molecular weight excluding hydrogens is 220 g/mol. The molecular formula is C12H22N2O3. The topological polar surface area (TPSA) is 71.9 Å². The Morgan fingerprint density at radius 3 is 2.41 bits per heavy atom. The van der Waals surface area contributed by atoms with Crippen molar-refractivity contribution in [1.29, 1.82) is 0 Å². The first kappa shape index (κ1) is 17.7. The number of hydrogen-bond donors (Lipinski definition) is 1. The first-order chi connectivity index (χ1) is 6.97. The molecule has 1 heterocycles. The Hall–Kier alpha value is -1.65. The maximum Gasteiger partial charge on any atom is 0.335 e. The lowest BCUT2D eigenvalue weighted by Gasteiger charge is -2.09. The van der Waals surface area contributed by atoms with Crippen molar-refractivity contribution in [3.8, 4) is 0 Å². The van der Waals surface area contributed by atoms with E-state index in [2.05, 4.69) is 4.98 Å². The van der Waals surface area contributed by atoms with Crippen LogP contribution in [-0.4, -0.2) is 15.5 Å². The second-order valence-corrected chi connectivity index (χ2v) is 3.59. The molecule has 0 aromatic carbocycles. The van der Waals surface area contributed by atoms with Gasteiger partial charge in [-0.15, -0.1) is 0 Å². The fourth-order valence-corrected chi connectivity index (χ4v) is 1.14. The number of aromatic amines is 1. The largest absolute Gasteiger partial charge is 0.335 e. The van der Waals surface area contributed by atoms with Gasteiger partial charge in [0, 0.05) is 17.7 Å². The van der Waals surface area contributed by atoms with Crippen LogP contribution in [0, 0.1) is 12.8 Å². The molecule has 1 rings (SSSR count). The lowest BCUT2D eigenvalue weighted by atomic mass is 10.1. The zero-order valence-electron chi connectivity index (χ0n) is 9.03. The smallest absolute Gasteiger partial charge is 0.274 e. The number of aromatic nitrogens is 2. The number of carbonyl (C=O) groups excluding carboxylic acids is 1. The van der Waals surface area contributed by atoms with Crippen LogP contribution in [0.25, 0.3) is 0 Å². The van der Waals surface area contributed by atoms with Crippen LogP contribution in [0.2, 0.25) is 0 Å². The van der Waals surface area contributed by atoms with E-state index >= 15 is 0 Å². The van der Waals surface area contributed by atoms with Crippen molar-refractivity contribution >= 4 is 5.91 Å². The van der Waals surface area contributed by atoms with Crippen LogP contribution in [0.5, 0.6) is 0 Å². The summed E-state index contributed by atoms with van der Waals surface area (Å²) in [5.74, 6) is -0.519. The Bertz CT molecular complexity index is 485. The first-order valence-electron chi connectivity index (χ1n) is 4.84. The summed E-state index contributed by atoms with van der Waals surface area (Å²) >= 11 is 0. The molecule has 1 N–H and O–H groups in total. The Morgan fingerprint density at radius 1 is 1.41 bits per heavy atom. The normalized spacial score (nSPS) is 11.0. The molecule has 1 atom stereocenters. The summed E-state index contributed by atoms with van der Waals surface area (Å²) in [6.45, 7) is 5.17. The molecule has 1 unspecified atom stereocenters. The fourth-order valence-electron chi connectivity index (χ4n) is 1.14. The highest BCUT2D eigenvalue weighted by Gasteiger charge is 2.15. The monoisotopic (exact) mass is 242 g/mol. The minimum atomic E-state index is -0.670. The van der Waals surface area contributed by atoms with Gasteiger partial charge in [0.2, 0.25) is 5.91 Å². The highest BCUT2D eigenvalue weighted by Crippen LogP contribution is 2.03. The number of nitrogens with one attached hydrogen (secondary N) is 1. The average Bonchev–Trinajstić information content (AvgIpc) is 2.21. The molecule has 0 spiro atoms. The molecule has 1 aromatic heterocycles. The summed E-state index contributed by atoms with van der Waals surface area (Å²) in [4.78, 5) is 36.2. The van der Waals surface area contributed by atoms with Crippen LogP contribution in [0.3, 0.4) is 0 Å². The van der Waals surface area contributed by atoms with Crippen LogP contribution < -0.4 is 11.2 Å². The molecule has 0 aliphatic carbocycles. The van der Waals surface area contributed by atoms with Crippen molar-refractivity contribution < 1.29 is 4.79 Å². The van der Waals surface area contributed by atoms with E-state index in [9.17, 15) is 14.4 Å². The third-order valence-electron chi connectivity index (χ3n) is 2.39. The Morgan fingerprint density at radius 2 is 1.94 bits per heavy atom. The molecule has 0 bridgehead atoms. The maximum absolute atomic E-state index is 11.7. The molecule has 98 valence electrons. The lowest BCUT2D eigenvalue weighted by Crippen LogP contribution is -2.36. The van der Waals surface area contributed by atoms with Crippen LogP contribution in [0.15, 0.2) is 15.8 Å². The van der Waals surface area contributed by atoms with E-state index in [4.69, 9.17) is 0 Å². The Balaban J connectivity index is 0. The second kappa shape index (κ2) is 6.83. The maximum atomic E-state index is 11.7. The number of carbonyl (C=O) groups is 1. The van der Waals surface area contributed by atoms with Crippen molar-refractivity contribution in [2.75, 3.05) is 0 Å². The molecule has 0 fully saturated rings. The van der Waals surface area contributed by atoms with Gasteiger partial charge in [0.05, 0.1) is 0 Å². The molecule has 0 aliphatic heterocycles. The lowest BCUT2D eigenvalue weighted by molar-refractivity contribution is 0.0835. The number of aryl methyl sites for hydroxylation is 1. The van der Waals surface area contributed by atoms with E-state index in [1.54, 1.807) is 13.8 Å². The molecule has 0 aliphatic rings. The second-order valence-electron chi connectivity index (χ2n) is 3.59. The number of nitrogens with zero attached hydrogens (tertiary/aromatic N) is 1. The fraction of sp³-hybridized carbons (Fsp3) is 0.583. The van der Waals surface area contributed by atoms with Crippen LogP contribution in [-0.2, 0) is 0 Å². The quantitative estimate of drug-likeness (QED) is 0.859. The summed E-state index contributed by atoms with van der Waals surface area (Å²) in [7, 11) is 0. The van der Waals surface area contributed by atoms with Crippen molar-refractivity contribution in [3.63, 3.8) is 0 Å². The number of hydrogen-bond acceptors (Lipinski definition) is 3. The number of rotatable bonds is 2. The van der Waals surface area contributed by atoms with Crippen molar-refractivity contribution in [1.82, 2.24) is 9.55 Å². The van der Waals surface area contributed by atoms with Gasteiger partial charge in [0.25, 0.3) is 5.56 Å². The van der Waals surface area contributed by atoms with E-state index in [0.29, 0.717) is 12.0 Å². The van der Waals surface area contributed by atoms with Gasteiger partial charge in [-0.3, -0.25) is 14.6 Å². The van der Waals surface area contributed by atoms with Crippen molar-refractivity contribution in [3.05, 3.63) is 32.6 Å². The van der Waals surface area contributed by atoms with Gasteiger partial charge in [-0.2, -0.15) is 0 Å². The molecule has 5 nitrogen and oxygen atoms in total. The van der Waals surface area contributed by atoms with Gasteiger partial charge in [0.15, 0.2) is 0 Å². The van der Waals surface area contributed by atoms with Gasteiger partial charge in [-0.05, 0) is 13.3 Å².